The lowest BCUT2D eigenvalue weighted by Crippen LogP contribution is -2.29. The number of furan rings is 1. The van der Waals surface area contributed by atoms with Crippen LogP contribution in [0.2, 0.25) is 0 Å². The summed E-state index contributed by atoms with van der Waals surface area (Å²) in [6.07, 6.45) is 2.51. The zero-order valence-corrected chi connectivity index (χ0v) is 28.8. The lowest BCUT2D eigenvalue weighted by atomic mass is 9.94. The number of anilines is 1. The van der Waals surface area contributed by atoms with E-state index in [0.29, 0.717) is 74.2 Å². The van der Waals surface area contributed by atoms with E-state index >= 15 is 0 Å². The quantitative estimate of drug-likeness (QED) is 0.164. The average molecular weight is 697 g/mol. The summed E-state index contributed by atoms with van der Waals surface area (Å²) in [7, 11) is 4.59. The van der Waals surface area contributed by atoms with Crippen molar-refractivity contribution in [1.82, 2.24) is 15.6 Å². The number of rotatable bonds is 11. The minimum absolute atomic E-state index is 0.0442. The van der Waals surface area contributed by atoms with Gasteiger partial charge in [-0.1, -0.05) is 30.3 Å². The molecule has 0 saturated carbocycles. The molecule has 0 saturated heterocycles. The number of ether oxygens (including phenoxy) is 3. The molecule has 1 atom stereocenters. The van der Waals surface area contributed by atoms with Crippen molar-refractivity contribution in [3.05, 3.63) is 87.0 Å². The van der Waals surface area contributed by atoms with Crippen molar-refractivity contribution in [2.75, 3.05) is 33.2 Å². The molecule has 0 aliphatic heterocycles. The maximum atomic E-state index is 14.1. The van der Waals surface area contributed by atoms with E-state index in [2.05, 4.69) is 20.9 Å². The molecule has 0 bridgehead atoms. The minimum Gasteiger partial charge on any atom is -0.493 e. The second-order valence-electron chi connectivity index (χ2n) is 11.7. The van der Waals surface area contributed by atoms with E-state index in [4.69, 9.17) is 18.6 Å². The number of nitrogens with zero attached hydrogens (tertiary/aromatic N) is 1. The first-order valence-corrected chi connectivity index (χ1v) is 16.8. The predicted molar refractivity (Wildman–Crippen MR) is 190 cm³/mol. The summed E-state index contributed by atoms with van der Waals surface area (Å²) >= 11 is 1.30. The molecule has 0 fully saturated rings. The van der Waals surface area contributed by atoms with Gasteiger partial charge in [-0.3, -0.25) is 19.2 Å². The van der Waals surface area contributed by atoms with Gasteiger partial charge < -0.3 is 34.6 Å². The van der Waals surface area contributed by atoms with Crippen LogP contribution in [0.5, 0.6) is 17.2 Å². The zero-order valence-electron chi connectivity index (χ0n) is 28.0. The number of aromatic nitrogens is 1. The summed E-state index contributed by atoms with van der Waals surface area (Å²) < 4.78 is 23.7. The molecule has 12 nitrogen and oxygen atoms in total. The Morgan fingerprint density at radius 1 is 1.00 bits per heavy atom. The Balaban J connectivity index is 1.51. The highest BCUT2D eigenvalue weighted by molar-refractivity contribution is 7.13. The average Bonchev–Trinajstić information content (AvgIpc) is 3.68. The van der Waals surface area contributed by atoms with Gasteiger partial charge in [-0.25, -0.2) is 4.98 Å². The molecule has 13 heteroatoms. The zero-order chi connectivity index (χ0) is 35.4. The molecular formula is C37H36N4O8S. The first kappa shape index (κ1) is 34.2. The summed E-state index contributed by atoms with van der Waals surface area (Å²) in [4.78, 5) is 56.5. The van der Waals surface area contributed by atoms with Gasteiger partial charge in [0.2, 0.25) is 28.9 Å². The fourth-order valence-corrected chi connectivity index (χ4v) is 6.93. The summed E-state index contributed by atoms with van der Waals surface area (Å²) in [5.41, 5.74) is 3.55. The highest BCUT2D eigenvalue weighted by Gasteiger charge is 2.31. The number of nitrogens with one attached hydrogen (secondary N) is 3. The van der Waals surface area contributed by atoms with E-state index in [1.807, 2.05) is 42.5 Å². The van der Waals surface area contributed by atoms with Gasteiger partial charge in [0.25, 0.3) is 0 Å². The molecule has 0 unspecified atom stereocenters. The van der Waals surface area contributed by atoms with Crippen molar-refractivity contribution >= 4 is 45.2 Å². The SMILES string of the molecule is COc1cc2c(c(OC)c1OC)-c1cc3c(CC(=O)NCCC(=O)Nc4nccs4)c(-c4ccccc4)oc3c(=O)cc1[C@@H](NC(C)=O)CC2. The first-order chi connectivity index (χ1) is 24.2. The van der Waals surface area contributed by atoms with Gasteiger partial charge in [-0.05, 0) is 47.7 Å². The fraction of sp³-hybridized carbons (Fsp3) is 0.270. The van der Waals surface area contributed by atoms with Gasteiger partial charge in [0, 0.05) is 53.5 Å². The molecule has 2 heterocycles. The number of hydrogen-bond donors (Lipinski definition) is 3. The molecule has 0 spiro atoms. The lowest BCUT2D eigenvalue weighted by Gasteiger charge is -2.20. The van der Waals surface area contributed by atoms with Gasteiger partial charge in [-0.15, -0.1) is 11.3 Å². The Kier molecular flexibility index (Phi) is 10.1. The number of thiazole rings is 1. The van der Waals surface area contributed by atoms with Gasteiger partial charge in [0.1, 0.15) is 5.76 Å². The normalized spacial score (nSPS) is 13.4. The van der Waals surface area contributed by atoms with Gasteiger partial charge in [0.05, 0.1) is 33.8 Å². The smallest absolute Gasteiger partial charge is 0.227 e. The van der Waals surface area contributed by atoms with E-state index in [1.165, 1.54) is 38.5 Å². The van der Waals surface area contributed by atoms with Gasteiger partial charge in [0.15, 0.2) is 22.2 Å². The summed E-state index contributed by atoms with van der Waals surface area (Å²) in [5.74, 6) is 0.737. The third-order valence-corrected chi connectivity index (χ3v) is 9.21. The van der Waals surface area contributed by atoms with E-state index in [9.17, 15) is 19.2 Å². The summed E-state index contributed by atoms with van der Waals surface area (Å²) in [5, 5.41) is 11.2. The molecule has 3 N–H and O–H groups in total. The number of methoxy groups -OCH3 is 3. The number of amides is 3. The van der Waals surface area contributed by atoms with Crippen LogP contribution >= 0.6 is 11.3 Å². The molecule has 50 heavy (non-hydrogen) atoms. The molecule has 5 aromatic rings. The molecule has 2 aromatic heterocycles. The monoisotopic (exact) mass is 696 g/mol. The maximum Gasteiger partial charge on any atom is 0.227 e. The molecule has 6 rings (SSSR count). The Labute approximate surface area is 291 Å². The highest BCUT2D eigenvalue weighted by Crippen LogP contribution is 2.51. The van der Waals surface area contributed by atoms with E-state index in [1.54, 1.807) is 18.7 Å². The van der Waals surface area contributed by atoms with Crippen molar-refractivity contribution in [2.45, 2.75) is 38.6 Å². The number of carbonyl (C=O) groups is 3. The predicted octanol–water partition coefficient (Wildman–Crippen LogP) is 5.42. The van der Waals surface area contributed by atoms with Crippen LogP contribution in [-0.4, -0.2) is 50.6 Å². The van der Waals surface area contributed by atoms with Gasteiger partial charge >= 0.3 is 0 Å². The van der Waals surface area contributed by atoms with Crippen molar-refractivity contribution in [2.24, 2.45) is 0 Å². The number of hydrogen-bond acceptors (Lipinski definition) is 10. The van der Waals surface area contributed by atoms with E-state index in [0.717, 1.165) is 5.56 Å². The molecule has 3 aromatic carbocycles. The van der Waals surface area contributed by atoms with Crippen molar-refractivity contribution in [3.63, 3.8) is 0 Å². The van der Waals surface area contributed by atoms with Crippen LogP contribution in [-0.2, 0) is 27.2 Å². The van der Waals surface area contributed by atoms with Crippen LogP contribution < -0.4 is 35.6 Å². The van der Waals surface area contributed by atoms with Gasteiger partial charge in [-0.2, -0.15) is 0 Å². The van der Waals surface area contributed by atoms with Crippen LogP contribution in [0.3, 0.4) is 0 Å². The van der Waals surface area contributed by atoms with E-state index in [-0.39, 0.29) is 42.7 Å². The molecule has 3 amide bonds. The highest BCUT2D eigenvalue weighted by atomic mass is 32.1. The first-order valence-electron chi connectivity index (χ1n) is 16.0. The number of benzene rings is 2. The molecule has 258 valence electrons. The van der Waals surface area contributed by atoms with Crippen LogP contribution in [0.25, 0.3) is 33.4 Å². The third kappa shape index (κ3) is 6.90. The summed E-state index contributed by atoms with van der Waals surface area (Å²) in [6.45, 7) is 1.52. The Bertz CT molecular complexity index is 2130. The second-order valence-corrected chi connectivity index (χ2v) is 12.6. The van der Waals surface area contributed by atoms with Crippen molar-refractivity contribution in [3.8, 4) is 39.7 Å². The Morgan fingerprint density at radius 3 is 2.46 bits per heavy atom. The largest absolute Gasteiger partial charge is 0.493 e. The number of aryl methyl sites for hydroxylation is 1. The number of carbonyl (C=O) groups excluding carboxylic acids is 3. The fourth-order valence-electron chi connectivity index (χ4n) is 6.38. The van der Waals surface area contributed by atoms with Crippen LogP contribution in [0, 0.1) is 0 Å². The minimum atomic E-state index is -0.517. The lowest BCUT2D eigenvalue weighted by molar-refractivity contribution is -0.121. The number of fused-ring (bicyclic) bond motifs is 4. The molecule has 1 aliphatic rings. The summed E-state index contributed by atoms with van der Waals surface area (Å²) in [6, 6.07) is 13.9. The van der Waals surface area contributed by atoms with Crippen LogP contribution in [0.4, 0.5) is 5.13 Å². The Morgan fingerprint density at radius 2 is 1.78 bits per heavy atom. The maximum absolute atomic E-state index is 14.1. The van der Waals surface area contributed by atoms with Crippen LogP contribution in [0.15, 0.2) is 69.3 Å². The Hall–Kier alpha value is -5.69. The molecule has 0 radical (unpaired) electrons. The molecule has 1 aliphatic carbocycles. The third-order valence-electron chi connectivity index (χ3n) is 8.52. The van der Waals surface area contributed by atoms with Crippen molar-refractivity contribution in [1.29, 1.82) is 0 Å². The molecular weight excluding hydrogens is 660 g/mol. The van der Waals surface area contributed by atoms with E-state index < -0.39 is 11.5 Å². The van der Waals surface area contributed by atoms with Crippen LogP contribution in [0.1, 0.15) is 42.5 Å². The topological polar surface area (TPSA) is 158 Å². The standard InChI is InChI=1S/C37H36N4O8S/c1-20(42)40-27-11-10-22-16-29(46-2)35(47-3)36(48-4)32(22)24-17-25-26(19-31(45)38-13-12-30(44)41-37-39-14-15-50-37)33(21-8-6-5-7-9-21)49-34(25)28(43)18-23(24)27/h5-9,14-18,27H,10-13,19H2,1-4H3,(H,38,45)(H,40,42)(H,39,41,44)/t27-/m0/s1. The van der Waals surface area contributed by atoms with Crippen molar-refractivity contribution < 1.29 is 33.0 Å². The second kappa shape index (κ2) is 14.8.